The van der Waals surface area contributed by atoms with Crippen LogP contribution in [-0.2, 0) is 16.0 Å². The Labute approximate surface area is 142 Å². The van der Waals surface area contributed by atoms with Gasteiger partial charge >= 0.3 is 5.97 Å². The number of hydrogen-bond acceptors (Lipinski definition) is 5. The number of hydrogen-bond donors (Lipinski definition) is 1. The van der Waals surface area contributed by atoms with Gasteiger partial charge in [-0.15, -0.1) is 11.3 Å². The monoisotopic (exact) mass is 432 g/mol. The molecule has 21 heavy (non-hydrogen) atoms. The zero-order valence-electron chi connectivity index (χ0n) is 10.9. The number of amides is 1. The maximum absolute atomic E-state index is 12.2. The lowest BCUT2D eigenvalue weighted by atomic mass is 10.2. The predicted molar refractivity (Wildman–Crippen MR) is 87.6 cm³/mol. The molecular formula is C13H10Br2N2O3S. The number of thiazole rings is 1. The van der Waals surface area contributed by atoms with Crippen LogP contribution in [0.4, 0.5) is 5.13 Å². The molecule has 1 amide bonds. The second kappa shape index (κ2) is 7.15. The number of methoxy groups -OCH3 is 1. The first-order valence-electron chi connectivity index (χ1n) is 5.77. The normalized spacial score (nSPS) is 10.2. The van der Waals surface area contributed by atoms with Gasteiger partial charge in [-0.05, 0) is 34.1 Å². The molecule has 0 spiro atoms. The number of nitrogens with one attached hydrogen (secondary N) is 1. The van der Waals surface area contributed by atoms with Gasteiger partial charge in [0.15, 0.2) is 5.13 Å². The number of ether oxygens (including phenoxy) is 1. The summed E-state index contributed by atoms with van der Waals surface area (Å²) in [5.41, 5.74) is 1.07. The highest BCUT2D eigenvalue weighted by atomic mass is 79.9. The minimum Gasteiger partial charge on any atom is -0.469 e. The number of rotatable bonds is 4. The molecule has 8 heteroatoms. The average molecular weight is 434 g/mol. The van der Waals surface area contributed by atoms with Crippen molar-refractivity contribution in [2.45, 2.75) is 6.42 Å². The fourth-order valence-electron chi connectivity index (χ4n) is 1.50. The first-order chi connectivity index (χ1) is 9.99. The van der Waals surface area contributed by atoms with Gasteiger partial charge in [-0.25, -0.2) is 4.98 Å². The van der Waals surface area contributed by atoms with Crippen molar-refractivity contribution in [2.24, 2.45) is 0 Å². The number of esters is 1. The van der Waals surface area contributed by atoms with Crippen LogP contribution in [0, 0.1) is 0 Å². The summed E-state index contributed by atoms with van der Waals surface area (Å²) in [6, 6.07) is 5.27. The predicted octanol–water partition coefficient (Wildman–Crippen LogP) is 3.64. The Balaban J connectivity index is 2.07. The second-order valence-corrected chi connectivity index (χ2v) is 6.60. The molecule has 0 bridgehead atoms. The number of halogens is 2. The molecule has 0 fully saturated rings. The summed E-state index contributed by atoms with van der Waals surface area (Å²) < 4.78 is 6.13. The van der Waals surface area contributed by atoms with Crippen molar-refractivity contribution in [3.8, 4) is 0 Å². The van der Waals surface area contributed by atoms with Crippen LogP contribution in [0.3, 0.4) is 0 Å². The SMILES string of the molecule is COC(=O)Cc1csc(NC(=O)c2ccc(Br)cc2Br)n1. The highest BCUT2D eigenvalue weighted by Gasteiger charge is 2.13. The van der Waals surface area contributed by atoms with E-state index in [0.29, 0.717) is 20.9 Å². The first kappa shape index (κ1) is 16.1. The standard InChI is InChI=1S/C13H10Br2N2O3S/c1-20-11(18)5-8-6-21-13(16-8)17-12(19)9-3-2-7(14)4-10(9)15/h2-4,6H,5H2,1H3,(H,16,17,19). The molecule has 0 atom stereocenters. The molecule has 2 aromatic rings. The third kappa shape index (κ3) is 4.36. The van der Waals surface area contributed by atoms with Crippen molar-refractivity contribution in [3.63, 3.8) is 0 Å². The molecule has 1 heterocycles. The van der Waals surface area contributed by atoms with Gasteiger partial charge in [0.2, 0.25) is 0 Å². The molecule has 0 aliphatic rings. The minimum absolute atomic E-state index is 0.0881. The van der Waals surface area contributed by atoms with Crippen molar-refractivity contribution in [1.29, 1.82) is 0 Å². The summed E-state index contributed by atoms with van der Waals surface area (Å²) in [5, 5.41) is 4.85. The topological polar surface area (TPSA) is 68.3 Å². The van der Waals surface area contributed by atoms with E-state index in [1.165, 1.54) is 18.4 Å². The van der Waals surface area contributed by atoms with Gasteiger partial charge in [-0.1, -0.05) is 15.9 Å². The molecule has 0 aliphatic heterocycles. The van der Waals surface area contributed by atoms with E-state index in [2.05, 4.69) is 46.9 Å². The number of carbonyl (C=O) groups is 2. The molecule has 1 aromatic heterocycles. The maximum atomic E-state index is 12.2. The van der Waals surface area contributed by atoms with Crippen LogP contribution >= 0.6 is 43.2 Å². The maximum Gasteiger partial charge on any atom is 0.311 e. The van der Waals surface area contributed by atoms with E-state index in [9.17, 15) is 9.59 Å². The van der Waals surface area contributed by atoms with Crippen LogP contribution < -0.4 is 5.32 Å². The van der Waals surface area contributed by atoms with Crippen LogP contribution in [0.5, 0.6) is 0 Å². The Bertz CT molecular complexity index is 688. The van der Waals surface area contributed by atoms with E-state index >= 15 is 0 Å². The number of carbonyl (C=O) groups excluding carboxylic acids is 2. The van der Waals surface area contributed by atoms with Crippen molar-refractivity contribution in [1.82, 2.24) is 4.98 Å². The van der Waals surface area contributed by atoms with Gasteiger partial charge in [0.25, 0.3) is 5.91 Å². The molecule has 0 saturated carbocycles. The Hall–Kier alpha value is -1.25. The zero-order chi connectivity index (χ0) is 15.4. The van der Waals surface area contributed by atoms with Gasteiger partial charge in [-0.3, -0.25) is 14.9 Å². The molecule has 0 radical (unpaired) electrons. The second-order valence-electron chi connectivity index (χ2n) is 3.98. The molecule has 110 valence electrons. The molecule has 0 saturated heterocycles. The van der Waals surface area contributed by atoms with Crippen LogP contribution in [0.1, 0.15) is 16.1 Å². The summed E-state index contributed by atoms with van der Waals surface area (Å²) in [4.78, 5) is 27.5. The van der Waals surface area contributed by atoms with Gasteiger partial charge in [0.05, 0.1) is 24.8 Å². The molecule has 2 rings (SSSR count). The summed E-state index contributed by atoms with van der Waals surface area (Å²) in [7, 11) is 1.32. The van der Waals surface area contributed by atoms with Gasteiger partial charge < -0.3 is 4.74 Å². The quantitative estimate of drug-likeness (QED) is 0.747. The minimum atomic E-state index is -0.367. The Kier molecular flexibility index (Phi) is 5.49. The summed E-state index contributed by atoms with van der Waals surface area (Å²) in [6.07, 6.45) is 0.0881. The number of nitrogens with zero attached hydrogens (tertiary/aromatic N) is 1. The van der Waals surface area contributed by atoms with Crippen molar-refractivity contribution >= 4 is 60.2 Å². The Morgan fingerprint density at radius 3 is 2.81 bits per heavy atom. The van der Waals surface area contributed by atoms with E-state index in [4.69, 9.17) is 0 Å². The Morgan fingerprint density at radius 2 is 2.14 bits per heavy atom. The first-order valence-corrected chi connectivity index (χ1v) is 8.24. The van der Waals surface area contributed by atoms with E-state index in [1.54, 1.807) is 23.6 Å². The highest BCUT2D eigenvalue weighted by Crippen LogP contribution is 2.24. The van der Waals surface area contributed by atoms with Crippen LogP contribution in [0.15, 0.2) is 32.5 Å². The van der Waals surface area contributed by atoms with E-state index in [1.807, 2.05) is 0 Å². The van der Waals surface area contributed by atoms with E-state index in [0.717, 1.165) is 4.47 Å². The smallest absolute Gasteiger partial charge is 0.311 e. The molecule has 5 nitrogen and oxygen atoms in total. The van der Waals surface area contributed by atoms with Crippen molar-refractivity contribution < 1.29 is 14.3 Å². The summed E-state index contributed by atoms with van der Waals surface area (Å²) >= 11 is 7.93. The summed E-state index contributed by atoms with van der Waals surface area (Å²) in [6.45, 7) is 0. The van der Waals surface area contributed by atoms with E-state index < -0.39 is 0 Å². The lowest BCUT2D eigenvalue weighted by Crippen LogP contribution is -2.12. The molecule has 1 aromatic carbocycles. The van der Waals surface area contributed by atoms with Gasteiger partial charge in [0, 0.05) is 14.3 Å². The van der Waals surface area contributed by atoms with E-state index in [-0.39, 0.29) is 18.3 Å². The third-order valence-corrected chi connectivity index (χ3v) is 4.46. The molecule has 1 N–H and O–H groups in total. The van der Waals surface area contributed by atoms with Crippen molar-refractivity contribution in [3.05, 3.63) is 43.8 Å². The van der Waals surface area contributed by atoms with Gasteiger partial charge in [-0.2, -0.15) is 0 Å². The molecule has 0 unspecified atom stereocenters. The molecule has 0 aliphatic carbocycles. The lowest BCUT2D eigenvalue weighted by Gasteiger charge is -2.04. The third-order valence-electron chi connectivity index (χ3n) is 2.50. The average Bonchev–Trinajstić information content (AvgIpc) is 2.85. The van der Waals surface area contributed by atoms with Crippen LogP contribution in [0.25, 0.3) is 0 Å². The van der Waals surface area contributed by atoms with Crippen LogP contribution in [0.2, 0.25) is 0 Å². The fraction of sp³-hybridized carbons (Fsp3) is 0.154. The fourth-order valence-corrected chi connectivity index (χ4v) is 3.44. The van der Waals surface area contributed by atoms with Crippen molar-refractivity contribution in [2.75, 3.05) is 12.4 Å². The highest BCUT2D eigenvalue weighted by molar-refractivity contribution is 9.11. The summed E-state index contributed by atoms with van der Waals surface area (Å²) in [5.74, 6) is -0.637. The molecular weight excluding hydrogens is 424 g/mol. The lowest BCUT2D eigenvalue weighted by molar-refractivity contribution is -0.139. The number of benzene rings is 1. The zero-order valence-corrected chi connectivity index (χ0v) is 14.8. The Morgan fingerprint density at radius 1 is 1.38 bits per heavy atom. The number of anilines is 1. The number of aromatic nitrogens is 1. The van der Waals surface area contributed by atoms with Gasteiger partial charge in [0.1, 0.15) is 0 Å². The van der Waals surface area contributed by atoms with Crippen LogP contribution in [-0.4, -0.2) is 24.0 Å². The largest absolute Gasteiger partial charge is 0.469 e.